The Labute approximate surface area is 97.7 Å². The van der Waals surface area contributed by atoms with Crippen LogP contribution in [0.3, 0.4) is 0 Å². The van der Waals surface area contributed by atoms with Crippen LogP contribution in [-0.2, 0) is 0 Å². The number of carbonyl (C=O) groups excluding carboxylic acids is 1. The van der Waals surface area contributed by atoms with Crippen molar-refractivity contribution in [1.82, 2.24) is 10.4 Å². The molecule has 0 aliphatic carbocycles. The van der Waals surface area contributed by atoms with Gasteiger partial charge in [-0.1, -0.05) is 0 Å². The number of nitrogen functional groups attached to an aromatic ring is 1. The van der Waals surface area contributed by atoms with Gasteiger partial charge < -0.3 is 14.5 Å². The van der Waals surface area contributed by atoms with Gasteiger partial charge in [0.2, 0.25) is 0 Å². The van der Waals surface area contributed by atoms with Crippen LogP contribution >= 0.6 is 0 Å². The van der Waals surface area contributed by atoms with E-state index in [1.54, 1.807) is 32.5 Å². The van der Waals surface area contributed by atoms with Crippen LogP contribution in [-0.4, -0.2) is 25.1 Å². The molecule has 0 atom stereocenters. The van der Waals surface area contributed by atoms with Crippen LogP contribution in [0.15, 0.2) is 18.3 Å². The minimum Gasteiger partial charge on any atom is -0.493 e. The largest absolute Gasteiger partial charge is 0.493 e. The first-order chi connectivity index (χ1) is 8.21. The molecule has 4 N–H and O–H groups in total. The molecule has 0 spiro atoms. The second-order valence-electron chi connectivity index (χ2n) is 3.43. The Kier molecular flexibility index (Phi) is 2.88. The number of nitrogens with two attached hydrogens (primary N) is 1. The summed E-state index contributed by atoms with van der Waals surface area (Å²) in [5, 5.41) is 0.727. The van der Waals surface area contributed by atoms with E-state index in [1.165, 1.54) is 0 Å². The molecular formula is C11H13N3O3. The molecule has 90 valence electrons. The highest BCUT2D eigenvalue weighted by Crippen LogP contribution is 2.33. The number of benzene rings is 1. The van der Waals surface area contributed by atoms with Gasteiger partial charge in [-0.3, -0.25) is 10.2 Å². The molecule has 6 heteroatoms. The van der Waals surface area contributed by atoms with Crippen molar-refractivity contribution in [3.05, 3.63) is 23.9 Å². The van der Waals surface area contributed by atoms with Crippen molar-refractivity contribution >= 4 is 16.8 Å². The maximum atomic E-state index is 11.5. The minimum absolute atomic E-state index is 0.358. The van der Waals surface area contributed by atoms with Crippen molar-refractivity contribution < 1.29 is 14.3 Å². The molecule has 6 nitrogen and oxygen atoms in total. The lowest BCUT2D eigenvalue weighted by Crippen LogP contribution is -2.29. The smallest absolute Gasteiger partial charge is 0.267 e. The lowest BCUT2D eigenvalue weighted by atomic mass is 10.1. The average Bonchev–Trinajstić information content (AvgIpc) is 2.78. The number of amides is 1. The quantitative estimate of drug-likeness (QED) is 0.417. The molecule has 0 fully saturated rings. The van der Waals surface area contributed by atoms with Crippen LogP contribution in [0.5, 0.6) is 11.5 Å². The molecule has 0 radical (unpaired) electrons. The number of hydrogen-bond donors (Lipinski definition) is 3. The van der Waals surface area contributed by atoms with Gasteiger partial charge in [0.25, 0.3) is 5.91 Å². The Morgan fingerprint density at radius 1 is 1.29 bits per heavy atom. The molecule has 0 saturated heterocycles. The summed E-state index contributed by atoms with van der Waals surface area (Å²) in [6.07, 6.45) is 1.59. The first-order valence-electron chi connectivity index (χ1n) is 4.95. The average molecular weight is 235 g/mol. The van der Waals surface area contributed by atoms with Gasteiger partial charge >= 0.3 is 0 Å². The fraction of sp³-hybridized carbons (Fsp3) is 0.182. The number of aromatic amines is 1. The standard InChI is InChI=1S/C11H13N3O3/c1-16-9-3-6-7(11(15)14-12)5-13-8(6)4-10(9)17-2/h3-5,13H,12H2,1-2H3,(H,14,15). The molecule has 0 unspecified atom stereocenters. The molecule has 2 rings (SSSR count). The number of H-pyrrole nitrogens is 1. The van der Waals surface area contributed by atoms with Crippen molar-refractivity contribution in [3.63, 3.8) is 0 Å². The van der Waals surface area contributed by atoms with E-state index in [0.717, 1.165) is 10.9 Å². The normalized spacial score (nSPS) is 10.3. The fourth-order valence-corrected chi connectivity index (χ4v) is 1.71. The van der Waals surface area contributed by atoms with Gasteiger partial charge in [-0.05, 0) is 6.07 Å². The SMILES string of the molecule is COc1cc2[nH]cc(C(=O)NN)c2cc1OC. The van der Waals surface area contributed by atoms with E-state index in [9.17, 15) is 4.79 Å². The predicted octanol–water partition coefficient (Wildman–Crippen LogP) is 0.789. The highest BCUT2D eigenvalue weighted by molar-refractivity contribution is 6.07. The van der Waals surface area contributed by atoms with Gasteiger partial charge in [-0.2, -0.15) is 0 Å². The van der Waals surface area contributed by atoms with E-state index < -0.39 is 0 Å². The Bertz CT molecular complexity index is 562. The second kappa shape index (κ2) is 4.34. The van der Waals surface area contributed by atoms with E-state index in [0.29, 0.717) is 17.1 Å². The lowest BCUT2D eigenvalue weighted by Gasteiger charge is -2.07. The number of nitrogens with one attached hydrogen (secondary N) is 2. The van der Waals surface area contributed by atoms with Gasteiger partial charge in [0.1, 0.15) is 0 Å². The van der Waals surface area contributed by atoms with Crippen LogP contribution in [0.25, 0.3) is 10.9 Å². The zero-order valence-corrected chi connectivity index (χ0v) is 9.53. The summed E-state index contributed by atoms with van der Waals surface area (Å²) >= 11 is 0. The fourth-order valence-electron chi connectivity index (χ4n) is 1.71. The first kappa shape index (κ1) is 11.3. The molecule has 0 bridgehead atoms. The number of hydrogen-bond acceptors (Lipinski definition) is 4. The summed E-state index contributed by atoms with van der Waals surface area (Å²) in [6.45, 7) is 0. The van der Waals surface area contributed by atoms with Crippen LogP contribution < -0.4 is 20.7 Å². The molecule has 1 heterocycles. The van der Waals surface area contributed by atoms with E-state index in [4.69, 9.17) is 15.3 Å². The number of ether oxygens (including phenoxy) is 2. The topological polar surface area (TPSA) is 89.4 Å². The van der Waals surface area contributed by atoms with Crippen LogP contribution in [0.1, 0.15) is 10.4 Å². The van der Waals surface area contributed by atoms with Crippen molar-refractivity contribution in [2.75, 3.05) is 14.2 Å². The molecular weight excluding hydrogens is 222 g/mol. The van der Waals surface area contributed by atoms with Gasteiger partial charge in [0.05, 0.1) is 25.3 Å². The van der Waals surface area contributed by atoms with Crippen molar-refractivity contribution in [2.24, 2.45) is 5.84 Å². The summed E-state index contributed by atoms with van der Waals surface area (Å²) in [6, 6.07) is 3.50. The maximum Gasteiger partial charge on any atom is 0.267 e. The molecule has 1 aromatic carbocycles. The lowest BCUT2D eigenvalue weighted by molar-refractivity contribution is 0.0955. The third kappa shape index (κ3) is 1.78. The highest BCUT2D eigenvalue weighted by Gasteiger charge is 2.14. The van der Waals surface area contributed by atoms with E-state index >= 15 is 0 Å². The van der Waals surface area contributed by atoms with Gasteiger partial charge in [0, 0.05) is 17.6 Å². The van der Waals surface area contributed by atoms with Crippen LogP contribution in [0.2, 0.25) is 0 Å². The first-order valence-corrected chi connectivity index (χ1v) is 4.95. The maximum absolute atomic E-state index is 11.5. The molecule has 17 heavy (non-hydrogen) atoms. The summed E-state index contributed by atoms with van der Waals surface area (Å²) in [5.74, 6) is 5.91. The van der Waals surface area contributed by atoms with Gasteiger partial charge in [-0.15, -0.1) is 0 Å². The number of carbonyl (C=O) groups is 1. The van der Waals surface area contributed by atoms with Gasteiger partial charge in [0.15, 0.2) is 11.5 Å². The summed E-state index contributed by atoms with van der Waals surface area (Å²) in [5.41, 5.74) is 3.34. The Morgan fingerprint density at radius 3 is 2.53 bits per heavy atom. The number of methoxy groups -OCH3 is 2. The number of rotatable bonds is 3. The molecule has 2 aromatic rings. The Morgan fingerprint density at radius 2 is 1.94 bits per heavy atom. The molecule has 0 saturated carbocycles. The monoisotopic (exact) mass is 235 g/mol. The molecule has 0 aliphatic heterocycles. The molecule has 1 amide bonds. The van der Waals surface area contributed by atoms with E-state index in [1.807, 2.05) is 0 Å². The Balaban J connectivity index is 2.65. The van der Waals surface area contributed by atoms with Gasteiger partial charge in [-0.25, -0.2) is 5.84 Å². The Hall–Kier alpha value is -2.21. The molecule has 0 aliphatic rings. The summed E-state index contributed by atoms with van der Waals surface area (Å²) in [4.78, 5) is 14.5. The number of aromatic nitrogens is 1. The van der Waals surface area contributed by atoms with Crippen molar-refractivity contribution in [3.8, 4) is 11.5 Å². The minimum atomic E-state index is -0.358. The summed E-state index contributed by atoms with van der Waals surface area (Å²) in [7, 11) is 3.10. The van der Waals surface area contributed by atoms with Crippen LogP contribution in [0.4, 0.5) is 0 Å². The van der Waals surface area contributed by atoms with E-state index in [-0.39, 0.29) is 5.91 Å². The molecule has 1 aromatic heterocycles. The summed E-state index contributed by atoms with van der Waals surface area (Å²) < 4.78 is 10.4. The highest BCUT2D eigenvalue weighted by atomic mass is 16.5. The van der Waals surface area contributed by atoms with Crippen molar-refractivity contribution in [2.45, 2.75) is 0 Å². The zero-order chi connectivity index (χ0) is 12.4. The third-order valence-corrected chi connectivity index (χ3v) is 2.56. The zero-order valence-electron chi connectivity index (χ0n) is 9.53. The van der Waals surface area contributed by atoms with Crippen LogP contribution in [0, 0.1) is 0 Å². The number of hydrazine groups is 1. The third-order valence-electron chi connectivity index (χ3n) is 2.56. The number of fused-ring (bicyclic) bond motifs is 1. The predicted molar refractivity (Wildman–Crippen MR) is 63.1 cm³/mol. The second-order valence-corrected chi connectivity index (χ2v) is 3.43. The van der Waals surface area contributed by atoms with Crippen molar-refractivity contribution in [1.29, 1.82) is 0 Å². The van der Waals surface area contributed by atoms with E-state index in [2.05, 4.69) is 10.4 Å².